The van der Waals surface area contributed by atoms with Crippen molar-refractivity contribution < 1.29 is 13.2 Å². The van der Waals surface area contributed by atoms with Crippen molar-refractivity contribution in [3.63, 3.8) is 0 Å². The van der Waals surface area contributed by atoms with Gasteiger partial charge in [-0.15, -0.1) is 0 Å². The Morgan fingerprint density at radius 1 is 1.00 bits per heavy atom. The monoisotopic (exact) mass is 456 g/mol. The molecule has 3 rings (SSSR count). The molecule has 0 radical (unpaired) electrons. The Balaban J connectivity index is 1.91. The Kier molecular flexibility index (Phi) is 7.03. The number of aryl methyl sites for hydroxylation is 2. The average molecular weight is 457 g/mol. The summed E-state index contributed by atoms with van der Waals surface area (Å²) in [7, 11) is -3.96. The van der Waals surface area contributed by atoms with E-state index in [1.165, 1.54) is 12.1 Å². The van der Waals surface area contributed by atoms with Crippen LogP contribution in [0.25, 0.3) is 0 Å². The van der Waals surface area contributed by atoms with Crippen LogP contribution in [-0.4, -0.2) is 20.9 Å². The highest BCUT2D eigenvalue weighted by Crippen LogP contribution is 2.29. The molecular formula is C24H25ClN2O3S. The Hall–Kier alpha value is -2.83. The summed E-state index contributed by atoms with van der Waals surface area (Å²) in [5.74, 6) is -0.401. The SMILES string of the molecule is Cc1ccc(C(C)NC(=O)CN(c2ccc(Cl)cc2C)S(=O)(=O)c2ccccc2)cc1. The van der Waals surface area contributed by atoms with Crippen LogP contribution in [0.5, 0.6) is 0 Å². The highest BCUT2D eigenvalue weighted by Gasteiger charge is 2.28. The fraction of sp³-hybridized carbons (Fsp3) is 0.208. The molecule has 7 heteroatoms. The van der Waals surface area contributed by atoms with Crippen molar-refractivity contribution in [2.24, 2.45) is 0 Å². The van der Waals surface area contributed by atoms with E-state index in [2.05, 4.69) is 5.32 Å². The smallest absolute Gasteiger partial charge is 0.264 e. The average Bonchev–Trinajstić information content (AvgIpc) is 2.73. The predicted octanol–water partition coefficient (Wildman–Crippen LogP) is 5.03. The number of nitrogens with zero attached hydrogens (tertiary/aromatic N) is 1. The Morgan fingerprint density at radius 3 is 2.26 bits per heavy atom. The van der Waals surface area contributed by atoms with Gasteiger partial charge in [0.2, 0.25) is 5.91 Å². The molecule has 0 saturated carbocycles. The summed E-state index contributed by atoms with van der Waals surface area (Å²) < 4.78 is 28.0. The largest absolute Gasteiger partial charge is 0.348 e. The highest BCUT2D eigenvalue weighted by molar-refractivity contribution is 7.92. The van der Waals surface area contributed by atoms with E-state index in [1.807, 2.05) is 38.1 Å². The second kappa shape index (κ2) is 9.54. The van der Waals surface area contributed by atoms with Crippen LogP contribution in [0.4, 0.5) is 5.69 Å². The van der Waals surface area contributed by atoms with E-state index in [9.17, 15) is 13.2 Å². The number of hydrogen-bond donors (Lipinski definition) is 1. The number of rotatable bonds is 7. The fourth-order valence-electron chi connectivity index (χ4n) is 3.27. The molecule has 0 spiro atoms. The van der Waals surface area contributed by atoms with Gasteiger partial charge in [0.25, 0.3) is 10.0 Å². The molecule has 0 fully saturated rings. The number of benzene rings is 3. The van der Waals surface area contributed by atoms with E-state index in [4.69, 9.17) is 11.6 Å². The second-order valence-corrected chi connectivity index (χ2v) is 9.75. The second-order valence-electron chi connectivity index (χ2n) is 7.46. The summed E-state index contributed by atoms with van der Waals surface area (Å²) in [5.41, 5.74) is 3.14. The molecule has 0 saturated heterocycles. The lowest BCUT2D eigenvalue weighted by molar-refractivity contribution is -0.120. The maximum Gasteiger partial charge on any atom is 0.264 e. The number of sulfonamides is 1. The maximum atomic E-state index is 13.4. The van der Waals surface area contributed by atoms with Crippen molar-refractivity contribution in [3.05, 3.63) is 94.5 Å². The molecule has 5 nitrogen and oxygen atoms in total. The van der Waals surface area contributed by atoms with Crippen LogP contribution in [0.2, 0.25) is 5.02 Å². The standard InChI is InChI=1S/C24H25ClN2O3S/c1-17-9-11-20(12-10-17)19(3)26-24(28)16-27(23-14-13-21(25)15-18(23)2)31(29,30)22-7-5-4-6-8-22/h4-15,19H,16H2,1-3H3,(H,26,28). The zero-order valence-electron chi connectivity index (χ0n) is 17.7. The lowest BCUT2D eigenvalue weighted by Gasteiger charge is -2.26. The molecule has 162 valence electrons. The Bertz CT molecular complexity index is 1160. The summed E-state index contributed by atoms with van der Waals surface area (Å²) >= 11 is 6.06. The molecule has 31 heavy (non-hydrogen) atoms. The first-order valence-electron chi connectivity index (χ1n) is 9.88. The Labute approximate surface area is 188 Å². The lowest BCUT2D eigenvalue weighted by Crippen LogP contribution is -2.41. The van der Waals surface area contributed by atoms with Crippen LogP contribution in [0, 0.1) is 13.8 Å². The molecule has 0 aliphatic rings. The van der Waals surface area contributed by atoms with Gasteiger partial charge in [0.05, 0.1) is 16.6 Å². The van der Waals surface area contributed by atoms with Gasteiger partial charge in [-0.3, -0.25) is 9.10 Å². The van der Waals surface area contributed by atoms with Gasteiger partial charge in [0, 0.05) is 5.02 Å². The predicted molar refractivity (Wildman–Crippen MR) is 125 cm³/mol. The van der Waals surface area contributed by atoms with Crippen molar-refractivity contribution in [2.45, 2.75) is 31.7 Å². The van der Waals surface area contributed by atoms with E-state index in [0.29, 0.717) is 16.3 Å². The maximum absolute atomic E-state index is 13.4. The third kappa shape index (κ3) is 5.46. The summed E-state index contributed by atoms with van der Waals surface area (Å²) in [6, 6.07) is 20.6. The number of anilines is 1. The topological polar surface area (TPSA) is 66.5 Å². The van der Waals surface area contributed by atoms with E-state index in [-0.39, 0.29) is 17.5 Å². The quantitative estimate of drug-likeness (QED) is 0.542. The van der Waals surface area contributed by atoms with Gasteiger partial charge in [0.1, 0.15) is 6.54 Å². The zero-order valence-corrected chi connectivity index (χ0v) is 19.2. The van der Waals surface area contributed by atoms with Crippen LogP contribution >= 0.6 is 11.6 Å². The van der Waals surface area contributed by atoms with Gasteiger partial charge >= 0.3 is 0 Å². The first-order chi connectivity index (χ1) is 14.7. The van der Waals surface area contributed by atoms with Crippen molar-refractivity contribution in [2.75, 3.05) is 10.8 Å². The van der Waals surface area contributed by atoms with Crippen LogP contribution in [0.1, 0.15) is 29.7 Å². The third-order valence-electron chi connectivity index (χ3n) is 5.00. The summed E-state index contributed by atoms with van der Waals surface area (Å²) in [6.07, 6.45) is 0. The van der Waals surface area contributed by atoms with Crippen molar-refractivity contribution in [1.29, 1.82) is 0 Å². The number of carbonyl (C=O) groups is 1. The van der Waals surface area contributed by atoms with E-state index in [0.717, 1.165) is 15.4 Å². The molecule has 0 aliphatic heterocycles. The van der Waals surface area contributed by atoms with Crippen LogP contribution < -0.4 is 9.62 Å². The molecule has 0 bridgehead atoms. The van der Waals surface area contributed by atoms with Crippen molar-refractivity contribution in [1.82, 2.24) is 5.32 Å². The van der Waals surface area contributed by atoms with Crippen molar-refractivity contribution >= 4 is 33.2 Å². The lowest BCUT2D eigenvalue weighted by atomic mass is 10.1. The van der Waals surface area contributed by atoms with Crippen LogP contribution in [0.3, 0.4) is 0 Å². The first kappa shape index (κ1) is 22.8. The molecule has 1 unspecified atom stereocenters. The molecule has 0 aromatic heterocycles. The van der Waals surface area contributed by atoms with Gasteiger partial charge in [0.15, 0.2) is 0 Å². The first-order valence-corrected chi connectivity index (χ1v) is 11.7. The number of amides is 1. The molecule has 1 amide bonds. The molecule has 3 aromatic rings. The minimum Gasteiger partial charge on any atom is -0.348 e. The third-order valence-corrected chi connectivity index (χ3v) is 7.01. The van der Waals surface area contributed by atoms with Crippen molar-refractivity contribution in [3.8, 4) is 0 Å². The van der Waals surface area contributed by atoms with Gasteiger partial charge < -0.3 is 5.32 Å². The number of hydrogen-bond acceptors (Lipinski definition) is 3. The minimum absolute atomic E-state index is 0.115. The summed E-state index contributed by atoms with van der Waals surface area (Å²) in [4.78, 5) is 13.0. The fourth-order valence-corrected chi connectivity index (χ4v) is 5.01. The highest BCUT2D eigenvalue weighted by atomic mass is 35.5. The number of halogens is 1. The van der Waals surface area contributed by atoms with Gasteiger partial charge in [-0.1, -0.05) is 59.6 Å². The molecule has 1 N–H and O–H groups in total. The molecule has 1 atom stereocenters. The van der Waals surface area contributed by atoms with Crippen LogP contribution in [-0.2, 0) is 14.8 Å². The molecular weight excluding hydrogens is 432 g/mol. The van der Waals surface area contributed by atoms with Gasteiger partial charge in [-0.2, -0.15) is 0 Å². The van der Waals surface area contributed by atoms with Gasteiger partial charge in [-0.05, 0) is 62.2 Å². The normalized spacial score (nSPS) is 12.3. The number of carbonyl (C=O) groups excluding carboxylic acids is 1. The molecule has 0 aliphatic carbocycles. The summed E-state index contributed by atoms with van der Waals surface area (Å²) in [6.45, 7) is 5.28. The zero-order chi connectivity index (χ0) is 22.6. The Morgan fingerprint density at radius 2 is 1.65 bits per heavy atom. The van der Waals surface area contributed by atoms with E-state index >= 15 is 0 Å². The van der Waals surface area contributed by atoms with E-state index < -0.39 is 15.9 Å². The van der Waals surface area contributed by atoms with E-state index in [1.54, 1.807) is 43.3 Å². The molecule has 0 heterocycles. The summed E-state index contributed by atoms with van der Waals surface area (Å²) in [5, 5.41) is 3.40. The van der Waals surface area contributed by atoms with Gasteiger partial charge in [-0.25, -0.2) is 8.42 Å². The van der Waals surface area contributed by atoms with Crippen LogP contribution in [0.15, 0.2) is 77.7 Å². The minimum atomic E-state index is -3.96. The molecule has 3 aromatic carbocycles. The number of nitrogens with one attached hydrogen (secondary N) is 1.